The van der Waals surface area contributed by atoms with Crippen LogP contribution in [0.1, 0.15) is 13.8 Å². The molecule has 2 aromatic carbocycles. The molecule has 0 unspecified atom stereocenters. The third-order valence-electron chi connectivity index (χ3n) is 4.65. The maximum atomic E-state index is 13.1. The van der Waals surface area contributed by atoms with Gasteiger partial charge in [0.2, 0.25) is 5.43 Å². The molecule has 4 rings (SSSR count). The van der Waals surface area contributed by atoms with E-state index in [9.17, 15) is 9.90 Å². The molecular formula is C22H18N2O3. The van der Waals surface area contributed by atoms with Gasteiger partial charge in [0.05, 0.1) is 21.8 Å². The van der Waals surface area contributed by atoms with Gasteiger partial charge in [0, 0.05) is 24.6 Å². The SMILES string of the molecule is C#CC(C)(C)Oc1cc(O)c2c(=O)c3cc4ccccc4nc3n(C)c2c1. The molecule has 5 nitrogen and oxygen atoms in total. The van der Waals surface area contributed by atoms with Gasteiger partial charge < -0.3 is 14.4 Å². The summed E-state index contributed by atoms with van der Waals surface area (Å²) in [4.78, 5) is 17.7. The maximum Gasteiger partial charge on any atom is 0.202 e. The first kappa shape index (κ1) is 16.9. The second-order valence-electron chi connectivity index (χ2n) is 7.03. The standard InChI is InChI=1S/C22H18N2O3/c1-5-22(2,3)27-14-11-17-19(18(25)12-14)20(26)15-10-13-8-6-7-9-16(13)23-21(15)24(17)4/h1,6-12,25H,2-4H3. The van der Waals surface area contributed by atoms with Crippen molar-refractivity contribution in [3.63, 3.8) is 0 Å². The van der Waals surface area contributed by atoms with Crippen molar-refractivity contribution in [1.29, 1.82) is 0 Å². The number of nitrogens with zero attached hydrogens (tertiary/aromatic N) is 2. The Morgan fingerprint density at radius 1 is 1.22 bits per heavy atom. The molecule has 0 atom stereocenters. The number of para-hydroxylation sites is 1. The predicted octanol–water partition coefficient (Wildman–Crippen LogP) is 3.74. The van der Waals surface area contributed by atoms with Gasteiger partial charge in [-0.15, -0.1) is 6.42 Å². The Hall–Kier alpha value is -3.52. The van der Waals surface area contributed by atoms with Gasteiger partial charge in [0.25, 0.3) is 0 Å². The highest BCUT2D eigenvalue weighted by molar-refractivity contribution is 5.99. The summed E-state index contributed by atoms with van der Waals surface area (Å²) in [5, 5.41) is 12.1. The minimum atomic E-state index is -0.843. The van der Waals surface area contributed by atoms with Crippen molar-refractivity contribution in [2.75, 3.05) is 0 Å². The first-order valence-corrected chi connectivity index (χ1v) is 8.53. The lowest BCUT2D eigenvalue weighted by Gasteiger charge is -2.21. The van der Waals surface area contributed by atoms with Gasteiger partial charge in [-0.1, -0.05) is 24.1 Å². The minimum absolute atomic E-state index is 0.147. The van der Waals surface area contributed by atoms with Gasteiger partial charge in [0.15, 0.2) is 5.60 Å². The molecule has 0 aliphatic heterocycles. The summed E-state index contributed by atoms with van der Waals surface area (Å²) < 4.78 is 7.57. The summed E-state index contributed by atoms with van der Waals surface area (Å²) in [5.74, 6) is 2.79. The summed E-state index contributed by atoms with van der Waals surface area (Å²) in [7, 11) is 1.81. The Balaban J connectivity index is 2.10. The van der Waals surface area contributed by atoms with Crippen LogP contribution in [0, 0.1) is 12.3 Å². The van der Waals surface area contributed by atoms with Gasteiger partial charge in [-0.05, 0) is 26.0 Å². The number of ether oxygens (including phenoxy) is 1. The number of rotatable bonds is 2. The average Bonchev–Trinajstić information content (AvgIpc) is 2.64. The van der Waals surface area contributed by atoms with Crippen molar-refractivity contribution in [2.45, 2.75) is 19.4 Å². The Bertz CT molecular complexity index is 1330. The van der Waals surface area contributed by atoms with Crippen LogP contribution in [0.25, 0.3) is 32.8 Å². The van der Waals surface area contributed by atoms with Crippen molar-refractivity contribution in [2.24, 2.45) is 7.05 Å². The molecule has 0 radical (unpaired) electrons. The summed E-state index contributed by atoms with van der Waals surface area (Å²) in [6.45, 7) is 3.50. The Morgan fingerprint density at radius 2 is 1.96 bits per heavy atom. The molecule has 0 saturated carbocycles. The van der Waals surface area contributed by atoms with Crippen LogP contribution in [0.3, 0.4) is 0 Å². The molecular weight excluding hydrogens is 340 g/mol. The molecule has 2 aromatic heterocycles. The molecule has 0 amide bonds. The zero-order valence-corrected chi connectivity index (χ0v) is 15.3. The van der Waals surface area contributed by atoms with Crippen LogP contribution >= 0.6 is 0 Å². The lowest BCUT2D eigenvalue weighted by atomic mass is 10.1. The fourth-order valence-electron chi connectivity index (χ4n) is 3.24. The van der Waals surface area contributed by atoms with E-state index in [-0.39, 0.29) is 16.6 Å². The topological polar surface area (TPSA) is 64.3 Å². The summed E-state index contributed by atoms with van der Waals surface area (Å²) in [6.07, 6.45) is 5.48. The predicted molar refractivity (Wildman–Crippen MR) is 107 cm³/mol. The van der Waals surface area contributed by atoms with Gasteiger partial charge in [-0.3, -0.25) is 4.79 Å². The zero-order valence-electron chi connectivity index (χ0n) is 15.3. The van der Waals surface area contributed by atoms with E-state index >= 15 is 0 Å². The summed E-state index contributed by atoms with van der Waals surface area (Å²) in [6, 6.07) is 12.5. The van der Waals surface area contributed by atoms with E-state index in [1.165, 1.54) is 6.07 Å². The van der Waals surface area contributed by atoms with Crippen molar-refractivity contribution in [1.82, 2.24) is 9.55 Å². The molecule has 4 aromatic rings. The summed E-state index contributed by atoms with van der Waals surface area (Å²) >= 11 is 0. The number of benzene rings is 2. The first-order valence-electron chi connectivity index (χ1n) is 8.53. The lowest BCUT2D eigenvalue weighted by molar-refractivity contribution is 0.172. The Kier molecular flexibility index (Phi) is 3.60. The van der Waals surface area contributed by atoms with Crippen LogP contribution in [0.4, 0.5) is 0 Å². The molecule has 0 fully saturated rings. The van der Waals surface area contributed by atoms with Crippen molar-refractivity contribution in [3.8, 4) is 23.8 Å². The highest BCUT2D eigenvalue weighted by atomic mass is 16.5. The molecule has 5 heteroatoms. The smallest absolute Gasteiger partial charge is 0.202 e. The molecule has 0 bridgehead atoms. The molecule has 27 heavy (non-hydrogen) atoms. The Labute approximate surface area is 155 Å². The first-order chi connectivity index (χ1) is 12.8. The number of phenols is 1. The van der Waals surface area contributed by atoms with Crippen LogP contribution in [-0.2, 0) is 7.05 Å². The van der Waals surface area contributed by atoms with Crippen molar-refractivity contribution in [3.05, 3.63) is 52.7 Å². The number of aryl methyl sites for hydroxylation is 1. The van der Waals surface area contributed by atoms with Crippen LogP contribution in [-0.4, -0.2) is 20.3 Å². The van der Waals surface area contributed by atoms with Crippen LogP contribution in [0.2, 0.25) is 0 Å². The minimum Gasteiger partial charge on any atom is -0.507 e. The number of hydrogen-bond donors (Lipinski definition) is 1. The van der Waals surface area contributed by atoms with Crippen LogP contribution in [0.5, 0.6) is 11.5 Å². The fourth-order valence-corrected chi connectivity index (χ4v) is 3.24. The molecule has 2 heterocycles. The molecule has 0 spiro atoms. The molecule has 134 valence electrons. The van der Waals surface area contributed by atoms with E-state index in [1.54, 1.807) is 31.5 Å². The monoisotopic (exact) mass is 358 g/mol. The van der Waals surface area contributed by atoms with Gasteiger partial charge >= 0.3 is 0 Å². The van der Waals surface area contributed by atoms with E-state index < -0.39 is 5.60 Å². The number of aromatic hydroxyl groups is 1. The van der Waals surface area contributed by atoms with Gasteiger partial charge in [-0.25, -0.2) is 4.98 Å². The number of pyridine rings is 2. The highest BCUT2D eigenvalue weighted by Crippen LogP contribution is 2.32. The lowest BCUT2D eigenvalue weighted by Crippen LogP contribution is -2.25. The maximum absolute atomic E-state index is 13.1. The van der Waals surface area contributed by atoms with E-state index in [0.29, 0.717) is 22.3 Å². The normalized spacial score (nSPS) is 11.8. The largest absolute Gasteiger partial charge is 0.507 e. The van der Waals surface area contributed by atoms with E-state index in [0.717, 1.165) is 10.9 Å². The third kappa shape index (κ3) is 2.67. The quantitative estimate of drug-likeness (QED) is 0.438. The van der Waals surface area contributed by atoms with Crippen LogP contribution < -0.4 is 10.2 Å². The number of hydrogen-bond acceptors (Lipinski definition) is 4. The summed E-state index contributed by atoms with van der Waals surface area (Å²) in [5.41, 5.74) is 0.753. The molecule has 1 N–H and O–H groups in total. The van der Waals surface area contributed by atoms with E-state index in [1.807, 2.05) is 30.3 Å². The van der Waals surface area contributed by atoms with E-state index in [2.05, 4.69) is 10.9 Å². The highest BCUT2D eigenvalue weighted by Gasteiger charge is 2.20. The molecule has 0 aliphatic rings. The van der Waals surface area contributed by atoms with Crippen molar-refractivity contribution >= 4 is 32.8 Å². The number of fused-ring (bicyclic) bond motifs is 3. The molecule has 0 aliphatic carbocycles. The number of phenolic OH excluding ortho intramolecular Hbond substituents is 1. The van der Waals surface area contributed by atoms with Gasteiger partial charge in [0.1, 0.15) is 17.1 Å². The van der Waals surface area contributed by atoms with Crippen molar-refractivity contribution < 1.29 is 9.84 Å². The number of terminal acetylenes is 1. The Morgan fingerprint density at radius 3 is 2.70 bits per heavy atom. The fraction of sp³-hybridized carbons (Fsp3) is 0.182. The average molecular weight is 358 g/mol. The van der Waals surface area contributed by atoms with Crippen LogP contribution in [0.15, 0.2) is 47.3 Å². The second kappa shape index (κ2) is 5.75. The van der Waals surface area contributed by atoms with Gasteiger partial charge in [-0.2, -0.15) is 0 Å². The third-order valence-corrected chi connectivity index (χ3v) is 4.65. The zero-order chi connectivity index (χ0) is 19.3. The number of aromatic nitrogens is 2. The second-order valence-corrected chi connectivity index (χ2v) is 7.03. The molecule has 0 saturated heterocycles. The van der Waals surface area contributed by atoms with E-state index in [4.69, 9.17) is 11.2 Å².